The Morgan fingerprint density at radius 1 is 0.500 bits per heavy atom. The predicted molar refractivity (Wildman–Crippen MR) is 237 cm³/mol. The van der Waals surface area contributed by atoms with Gasteiger partial charge in [-0.3, -0.25) is 0 Å². The molecule has 286 valence electrons. The zero-order valence-corrected chi connectivity index (χ0v) is 32.5. The summed E-state index contributed by atoms with van der Waals surface area (Å²) in [6.45, 7) is 12.6. The summed E-state index contributed by atoms with van der Waals surface area (Å²) in [5, 5.41) is 13.6. The molecule has 0 saturated carbocycles. The molecule has 0 N–H and O–H groups in total. The number of fused-ring (bicyclic) bond motifs is 6. The number of nitriles is 1. The molecule has 0 amide bonds. The zero-order valence-electron chi connectivity index (χ0n) is 32.5. The van der Waals surface area contributed by atoms with Crippen molar-refractivity contribution in [1.82, 2.24) is 9.13 Å². The lowest BCUT2D eigenvalue weighted by Gasteiger charge is -2.21. The number of hydrogen-bond acceptors (Lipinski definition) is 1. The first-order chi connectivity index (χ1) is 29.1. The monoisotopic (exact) mass is 782 g/mol. The van der Waals surface area contributed by atoms with Gasteiger partial charge in [0.25, 0.3) is 0 Å². The number of para-hydroxylation sites is 2. The zero-order chi connectivity index (χ0) is 41.3. The molecule has 0 aliphatic heterocycles. The molecule has 0 bridgehead atoms. The van der Waals surface area contributed by atoms with Crippen LogP contribution in [0.25, 0.3) is 93.2 Å². The first-order valence-corrected chi connectivity index (χ1v) is 19.5. The fraction of sp³-hybridized carbons (Fsp3) is 0.0566. The first kappa shape index (κ1) is 36.5. The van der Waals surface area contributed by atoms with E-state index in [1.165, 1.54) is 12.1 Å². The Morgan fingerprint density at radius 3 is 1.50 bits per heavy atom. The van der Waals surface area contributed by atoms with E-state index in [0.717, 1.165) is 83.1 Å². The van der Waals surface area contributed by atoms with Crippen molar-refractivity contribution >= 4 is 49.3 Å². The van der Waals surface area contributed by atoms with Gasteiger partial charge in [0.05, 0.1) is 57.2 Å². The molecule has 0 aliphatic carbocycles. The van der Waals surface area contributed by atoms with Crippen LogP contribution < -0.4 is 0 Å². The molecule has 60 heavy (non-hydrogen) atoms. The lowest BCUT2D eigenvalue weighted by atomic mass is 9.95. The molecule has 7 heteroatoms. The van der Waals surface area contributed by atoms with E-state index in [4.69, 9.17) is 6.57 Å². The summed E-state index contributed by atoms with van der Waals surface area (Å²) >= 11 is 0. The summed E-state index contributed by atoms with van der Waals surface area (Å²) in [5.74, 6) is 0. The molecule has 10 rings (SSSR count). The van der Waals surface area contributed by atoms with Gasteiger partial charge < -0.3 is 9.13 Å². The number of alkyl halides is 3. The van der Waals surface area contributed by atoms with Crippen LogP contribution >= 0.6 is 0 Å². The molecule has 4 nitrogen and oxygen atoms in total. The van der Waals surface area contributed by atoms with Crippen molar-refractivity contribution in [1.29, 1.82) is 5.26 Å². The molecule has 2 aromatic heterocycles. The smallest absolute Gasteiger partial charge is 0.308 e. The van der Waals surface area contributed by atoms with Gasteiger partial charge in [0, 0.05) is 21.5 Å². The third kappa shape index (κ3) is 5.91. The van der Waals surface area contributed by atoms with Crippen molar-refractivity contribution in [3.8, 4) is 50.8 Å². The second-order valence-corrected chi connectivity index (χ2v) is 15.2. The van der Waals surface area contributed by atoms with E-state index < -0.39 is 11.7 Å². The predicted octanol–water partition coefficient (Wildman–Crippen LogP) is 14.9. The molecule has 0 fully saturated rings. The number of halogens is 3. The van der Waals surface area contributed by atoms with Crippen LogP contribution in [0.15, 0.2) is 164 Å². The second-order valence-electron chi connectivity index (χ2n) is 15.2. The summed E-state index contributed by atoms with van der Waals surface area (Å²) < 4.78 is 49.0. The second kappa shape index (κ2) is 13.9. The maximum atomic E-state index is 14.9. The van der Waals surface area contributed by atoms with Crippen LogP contribution in [0.5, 0.6) is 0 Å². The molecule has 0 radical (unpaired) electrons. The van der Waals surface area contributed by atoms with Gasteiger partial charge in [-0.1, -0.05) is 114 Å². The third-order valence-corrected chi connectivity index (χ3v) is 11.5. The van der Waals surface area contributed by atoms with E-state index in [9.17, 15) is 18.4 Å². The van der Waals surface area contributed by atoms with Crippen molar-refractivity contribution < 1.29 is 13.2 Å². The molecule has 2 heterocycles. The summed E-state index contributed by atoms with van der Waals surface area (Å²) in [6.07, 6.45) is -4.79. The fourth-order valence-electron chi connectivity index (χ4n) is 8.79. The largest absolute Gasteiger partial charge is 0.417 e. The van der Waals surface area contributed by atoms with Crippen molar-refractivity contribution in [2.24, 2.45) is 0 Å². The van der Waals surface area contributed by atoms with Crippen LogP contribution in [-0.4, -0.2) is 9.13 Å². The highest BCUT2D eigenvalue weighted by Gasteiger charge is 2.35. The molecule has 0 atom stereocenters. The lowest BCUT2D eigenvalue weighted by molar-refractivity contribution is -0.137. The minimum atomic E-state index is -4.79. The lowest BCUT2D eigenvalue weighted by Crippen LogP contribution is -2.09. The number of rotatable bonds is 5. The molecular weight excluding hydrogens is 750 g/mol. The number of aromatic nitrogens is 2. The van der Waals surface area contributed by atoms with Crippen LogP contribution in [0.3, 0.4) is 0 Å². The minimum Gasteiger partial charge on any atom is -0.308 e. The summed E-state index contributed by atoms with van der Waals surface area (Å²) in [6, 6.07) is 54.4. The summed E-state index contributed by atoms with van der Waals surface area (Å²) in [4.78, 5) is 3.90. The molecule has 8 aromatic carbocycles. The van der Waals surface area contributed by atoms with Gasteiger partial charge >= 0.3 is 6.18 Å². The Kier molecular flexibility index (Phi) is 8.45. The molecule has 0 aliphatic rings. The van der Waals surface area contributed by atoms with E-state index in [-0.39, 0.29) is 22.4 Å². The van der Waals surface area contributed by atoms with Gasteiger partial charge in [-0.2, -0.15) is 18.4 Å². The van der Waals surface area contributed by atoms with E-state index in [2.05, 4.69) is 113 Å². The van der Waals surface area contributed by atoms with Crippen LogP contribution in [0.2, 0.25) is 0 Å². The van der Waals surface area contributed by atoms with Gasteiger partial charge in [0.2, 0.25) is 0 Å². The summed E-state index contributed by atoms with van der Waals surface area (Å²) in [5.41, 5.74) is 10.2. The Hall–Kier alpha value is -7.87. The first-order valence-electron chi connectivity index (χ1n) is 19.5. The minimum absolute atomic E-state index is 0.0498. The highest BCUT2D eigenvalue weighted by Crippen LogP contribution is 2.47. The average molecular weight is 783 g/mol. The van der Waals surface area contributed by atoms with E-state index in [1.807, 2.05) is 54.6 Å². The maximum absolute atomic E-state index is 14.9. The summed E-state index contributed by atoms with van der Waals surface area (Å²) in [7, 11) is 0. The number of aryl methyl sites for hydroxylation is 2. The van der Waals surface area contributed by atoms with E-state index in [0.29, 0.717) is 11.4 Å². The highest BCUT2D eigenvalue weighted by atomic mass is 19.4. The number of hydrogen-bond donors (Lipinski definition) is 0. The average Bonchev–Trinajstić information content (AvgIpc) is 3.77. The SMILES string of the molecule is [C-]#[N+]c1cc(-n2c3ccccc3c3cc(-c4cccc(C)c4)ccc32)c(-n2c3ccccc3c3cc(-c4cccc(C)c4)ccc32)cc1-c1ccc(C#N)cc1C(F)(F)F. The van der Waals surface area contributed by atoms with Crippen molar-refractivity contribution in [3.63, 3.8) is 0 Å². The molecule has 0 unspecified atom stereocenters. The molecule has 10 aromatic rings. The van der Waals surface area contributed by atoms with Crippen LogP contribution in [0.1, 0.15) is 22.3 Å². The fourth-order valence-corrected chi connectivity index (χ4v) is 8.79. The topological polar surface area (TPSA) is 38.0 Å². The maximum Gasteiger partial charge on any atom is 0.417 e. The van der Waals surface area contributed by atoms with Crippen molar-refractivity contribution in [2.45, 2.75) is 20.0 Å². The van der Waals surface area contributed by atoms with Crippen LogP contribution in [0.4, 0.5) is 18.9 Å². The Balaban J connectivity index is 1.33. The normalized spacial score (nSPS) is 11.7. The molecule has 0 saturated heterocycles. The number of nitrogens with zero attached hydrogens (tertiary/aromatic N) is 4. The van der Waals surface area contributed by atoms with Gasteiger partial charge in [0.1, 0.15) is 0 Å². The Bertz CT molecular complexity index is 3480. The van der Waals surface area contributed by atoms with Gasteiger partial charge in [-0.15, -0.1) is 0 Å². The van der Waals surface area contributed by atoms with E-state index in [1.54, 1.807) is 12.1 Å². The number of benzene rings is 8. The Labute approximate surface area is 344 Å². The van der Waals surface area contributed by atoms with Crippen LogP contribution in [-0.2, 0) is 6.18 Å². The van der Waals surface area contributed by atoms with Crippen molar-refractivity contribution in [3.05, 3.63) is 197 Å². The van der Waals surface area contributed by atoms with Gasteiger partial charge in [0.15, 0.2) is 5.69 Å². The standard InChI is InChI=1S/C53H33F3N4/c1-32-10-8-12-35(24-32)37-19-22-49-43(27-37)40-14-4-6-16-47(40)59(49)51-29-42(39-21-18-34(31-57)26-45(39)53(54,55)56)46(58-3)30-52(51)60-48-17-7-5-15-41(48)44-28-38(20-23-50(44)60)36-13-9-11-33(2)25-36/h4-30H,1-2H3. The quantitative estimate of drug-likeness (QED) is 0.160. The highest BCUT2D eigenvalue weighted by molar-refractivity contribution is 6.13. The van der Waals surface area contributed by atoms with Gasteiger partial charge in [-0.05, 0) is 108 Å². The van der Waals surface area contributed by atoms with Crippen LogP contribution in [0, 0.1) is 31.8 Å². The Morgan fingerprint density at radius 2 is 1.00 bits per heavy atom. The van der Waals surface area contributed by atoms with Crippen molar-refractivity contribution in [2.75, 3.05) is 0 Å². The van der Waals surface area contributed by atoms with E-state index >= 15 is 0 Å². The molecule has 0 spiro atoms. The third-order valence-electron chi connectivity index (χ3n) is 11.5. The molecular formula is C53H33F3N4. The van der Waals surface area contributed by atoms with Gasteiger partial charge in [-0.25, -0.2) is 4.85 Å².